The van der Waals surface area contributed by atoms with E-state index in [0.717, 1.165) is 32.1 Å². The molecule has 10 heteroatoms. The molecule has 0 fully saturated rings. The summed E-state index contributed by atoms with van der Waals surface area (Å²) < 4.78 is 24.5. The van der Waals surface area contributed by atoms with E-state index in [1.165, 1.54) is 0 Å². The monoisotopic (exact) mass is 636 g/mol. The SMILES string of the molecule is CC.CC/C=C\C/C=C\C/C=C\C/C=C\C/C=C\C/C=C\CC(=O)OCC(C)(C)[C@@H](O)C(=O)NCCC(=O)NCCS(=O)O. The van der Waals surface area contributed by atoms with Crippen molar-refractivity contribution < 1.29 is 33.0 Å². The fourth-order valence-electron chi connectivity index (χ4n) is 3.22. The van der Waals surface area contributed by atoms with Gasteiger partial charge in [-0.15, -0.1) is 0 Å². The van der Waals surface area contributed by atoms with Gasteiger partial charge in [-0.3, -0.25) is 14.4 Å². The average Bonchev–Trinajstić information content (AvgIpc) is 2.99. The summed E-state index contributed by atoms with van der Waals surface area (Å²) in [7, 11) is 0. The minimum absolute atomic E-state index is 0.0114. The number of aliphatic hydroxyl groups is 1. The van der Waals surface area contributed by atoms with E-state index in [0.29, 0.717) is 6.42 Å². The zero-order chi connectivity index (χ0) is 33.5. The Bertz CT molecular complexity index is 982. The van der Waals surface area contributed by atoms with Crippen LogP contribution < -0.4 is 10.6 Å². The van der Waals surface area contributed by atoms with Crippen LogP contribution in [-0.4, -0.2) is 63.2 Å². The van der Waals surface area contributed by atoms with Gasteiger partial charge in [-0.1, -0.05) is 108 Å². The summed E-state index contributed by atoms with van der Waals surface area (Å²) in [4.78, 5) is 35.9. The standard InChI is InChI=1S/C32H50N2O7S.C2H6/c1-4-5-6-7-8-9-10-11-12-13-14-15-16-17-18-19-20-21-22-29(36)41-27-32(2,3)30(37)31(38)34-24-23-28(35)33-25-26-42(39)40;1-2/h5-6,8-9,11-12,14-15,17-18,20-21,30,37H,4,7,10,13,16,19,22-27H2,1-3H3,(H,33,35)(H,34,38)(H,39,40);1-2H3/b6-5-,9-8-,12-11-,15-14-,18-17-,21-20-;/t30-;/m0./s1. The molecule has 250 valence electrons. The first-order valence-electron chi connectivity index (χ1n) is 15.5. The number of hydrogen-bond donors (Lipinski definition) is 4. The number of esters is 1. The Morgan fingerprint density at radius 2 is 1.23 bits per heavy atom. The zero-order valence-electron chi connectivity index (χ0n) is 27.3. The van der Waals surface area contributed by atoms with Crippen molar-refractivity contribution in [2.45, 2.75) is 92.1 Å². The van der Waals surface area contributed by atoms with Gasteiger partial charge in [0.2, 0.25) is 11.8 Å². The lowest BCUT2D eigenvalue weighted by molar-refractivity contribution is -0.152. The van der Waals surface area contributed by atoms with Gasteiger partial charge in [-0.25, -0.2) is 4.21 Å². The molecule has 0 bridgehead atoms. The summed E-state index contributed by atoms with van der Waals surface area (Å²) in [5.41, 5.74) is -1.04. The Kier molecular flexibility index (Phi) is 29.3. The average molecular weight is 637 g/mol. The van der Waals surface area contributed by atoms with Crippen LogP contribution in [0, 0.1) is 5.41 Å². The van der Waals surface area contributed by atoms with Crippen LogP contribution in [-0.2, 0) is 30.2 Å². The molecule has 0 aromatic carbocycles. The number of amides is 2. The van der Waals surface area contributed by atoms with Gasteiger partial charge < -0.3 is 25.0 Å². The quantitative estimate of drug-likeness (QED) is 0.0624. The molecule has 4 N–H and O–H groups in total. The first-order valence-corrected chi connectivity index (χ1v) is 16.7. The highest BCUT2D eigenvalue weighted by molar-refractivity contribution is 7.79. The summed E-state index contributed by atoms with van der Waals surface area (Å²) >= 11 is -1.99. The van der Waals surface area contributed by atoms with Crippen LogP contribution in [0.2, 0.25) is 0 Å². The van der Waals surface area contributed by atoms with Crippen LogP contribution in [0.25, 0.3) is 0 Å². The van der Waals surface area contributed by atoms with E-state index in [-0.39, 0.29) is 38.3 Å². The Hall–Kier alpha value is -3.08. The number of carbonyl (C=O) groups is 3. The maximum absolute atomic E-state index is 12.2. The Morgan fingerprint density at radius 3 is 1.68 bits per heavy atom. The molecular formula is C34H56N2O7S. The van der Waals surface area contributed by atoms with Crippen LogP contribution in [0.4, 0.5) is 0 Å². The summed E-state index contributed by atoms with van der Waals surface area (Å²) in [6.45, 7) is 9.22. The summed E-state index contributed by atoms with van der Waals surface area (Å²) in [5, 5.41) is 15.3. The maximum atomic E-state index is 12.2. The van der Waals surface area contributed by atoms with Gasteiger partial charge in [0.1, 0.15) is 6.10 Å². The van der Waals surface area contributed by atoms with Crippen molar-refractivity contribution in [1.82, 2.24) is 10.6 Å². The molecule has 0 saturated heterocycles. The predicted octanol–water partition coefficient (Wildman–Crippen LogP) is 5.87. The number of carbonyl (C=O) groups excluding carboxylic acids is 3. The van der Waals surface area contributed by atoms with Crippen LogP contribution in [0.5, 0.6) is 0 Å². The van der Waals surface area contributed by atoms with E-state index in [1.54, 1.807) is 19.9 Å². The van der Waals surface area contributed by atoms with E-state index < -0.39 is 40.4 Å². The number of rotatable bonds is 23. The molecule has 0 radical (unpaired) electrons. The Balaban J connectivity index is 0. The normalized spacial score (nSPS) is 13.6. The lowest BCUT2D eigenvalue weighted by atomic mass is 9.87. The van der Waals surface area contributed by atoms with Crippen molar-refractivity contribution in [2.24, 2.45) is 5.41 Å². The van der Waals surface area contributed by atoms with Crippen molar-refractivity contribution >= 4 is 28.9 Å². The van der Waals surface area contributed by atoms with Gasteiger partial charge in [0.25, 0.3) is 0 Å². The van der Waals surface area contributed by atoms with Gasteiger partial charge in [-0.2, -0.15) is 0 Å². The second-order valence-electron chi connectivity index (χ2n) is 10.1. The number of allylic oxidation sites excluding steroid dienone is 11. The third-order valence-corrected chi connectivity index (χ3v) is 6.28. The van der Waals surface area contributed by atoms with Crippen molar-refractivity contribution in [3.05, 3.63) is 72.9 Å². The second kappa shape index (κ2) is 30.0. The smallest absolute Gasteiger partial charge is 0.309 e. The van der Waals surface area contributed by atoms with Crippen LogP contribution in [0.3, 0.4) is 0 Å². The maximum Gasteiger partial charge on any atom is 0.309 e. The van der Waals surface area contributed by atoms with Gasteiger partial charge in [0, 0.05) is 24.9 Å². The van der Waals surface area contributed by atoms with Gasteiger partial charge >= 0.3 is 5.97 Å². The minimum Gasteiger partial charge on any atom is -0.465 e. The molecule has 0 aliphatic rings. The van der Waals surface area contributed by atoms with Gasteiger partial charge in [0.15, 0.2) is 11.1 Å². The van der Waals surface area contributed by atoms with Crippen molar-refractivity contribution in [2.75, 3.05) is 25.4 Å². The molecule has 0 aliphatic carbocycles. The fourth-order valence-corrected chi connectivity index (χ4v) is 3.50. The zero-order valence-corrected chi connectivity index (χ0v) is 28.2. The summed E-state index contributed by atoms with van der Waals surface area (Å²) in [6, 6.07) is 0. The largest absolute Gasteiger partial charge is 0.465 e. The van der Waals surface area contributed by atoms with Crippen LogP contribution >= 0.6 is 0 Å². The lowest BCUT2D eigenvalue weighted by Gasteiger charge is -2.28. The summed E-state index contributed by atoms with van der Waals surface area (Å²) in [5.74, 6) is -1.62. The highest BCUT2D eigenvalue weighted by Gasteiger charge is 2.34. The van der Waals surface area contributed by atoms with Crippen molar-refractivity contribution in [1.29, 1.82) is 0 Å². The first kappa shape index (κ1) is 43.0. The molecule has 0 rings (SSSR count). The lowest BCUT2D eigenvalue weighted by Crippen LogP contribution is -2.47. The minimum atomic E-state index is -1.99. The molecule has 0 aliphatic heterocycles. The number of hydrogen-bond acceptors (Lipinski definition) is 6. The number of aliphatic hydroxyl groups excluding tert-OH is 1. The third-order valence-electron chi connectivity index (χ3n) is 5.72. The van der Waals surface area contributed by atoms with Crippen LogP contribution in [0.15, 0.2) is 72.9 Å². The molecule has 9 nitrogen and oxygen atoms in total. The predicted molar refractivity (Wildman–Crippen MR) is 181 cm³/mol. The second-order valence-corrected chi connectivity index (χ2v) is 11.1. The third kappa shape index (κ3) is 27.7. The van der Waals surface area contributed by atoms with E-state index in [2.05, 4.69) is 72.2 Å². The Morgan fingerprint density at radius 1 is 0.773 bits per heavy atom. The molecule has 0 aromatic rings. The highest BCUT2D eigenvalue weighted by Crippen LogP contribution is 2.21. The van der Waals surface area contributed by atoms with E-state index >= 15 is 0 Å². The molecule has 0 heterocycles. The Labute approximate surface area is 268 Å². The molecule has 2 atom stereocenters. The molecule has 1 unspecified atom stereocenters. The van der Waals surface area contributed by atoms with E-state index in [9.17, 15) is 23.7 Å². The highest BCUT2D eigenvalue weighted by atomic mass is 32.2. The van der Waals surface area contributed by atoms with Crippen molar-refractivity contribution in [3.8, 4) is 0 Å². The molecule has 0 aromatic heterocycles. The fraction of sp³-hybridized carbons (Fsp3) is 0.559. The van der Waals surface area contributed by atoms with Crippen LogP contribution in [0.1, 0.15) is 86.0 Å². The molecule has 2 amide bonds. The van der Waals surface area contributed by atoms with Gasteiger partial charge in [-0.05, 0) is 38.5 Å². The molecular weight excluding hydrogens is 580 g/mol. The number of ether oxygens (including phenoxy) is 1. The first-order chi connectivity index (χ1) is 21.1. The number of nitrogens with one attached hydrogen (secondary N) is 2. The molecule has 0 saturated carbocycles. The molecule has 44 heavy (non-hydrogen) atoms. The van der Waals surface area contributed by atoms with E-state index in [1.807, 2.05) is 26.0 Å². The van der Waals surface area contributed by atoms with Gasteiger partial charge in [0.05, 0.1) is 18.8 Å². The summed E-state index contributed by atoms with van der Waals surface area (Å²) in [6.07, 6.45) is 29.0. The van der Waals surface area contributed by atoms with Crippen molar-refractivity contribution in [3.63, 3.8) is 0 Å². The topological polar surface area (TPSA) is 142 Å². The van der Waals surface area contributed by atoms with E-state index in [4.69, 9.17) is 9.29 Å². The molecule has 0 spiro atoms.